The Hall–Kier alpha value is -1.85. The summed E-state index contributed by atoms with van der Waals surface area (Å²) in [6.45, 7) is 1.74. The smallest absolute Gasteiger partial charge is 0.293 e. The number of carbonyl (C=O) groups is 1. The molecule has 1 amide bonds. The van der Waals surface area contributed by atoms with Gasteiger partial charge in [-0.3, -0.25) is 9.59 Å². The molecule has 6 nitrogen and oxygen atoms in total. The van der Waals surface area contributed by atoms with Gasteiger partial charge in [-0.05, 0) is 32.6 Å². The minimum absolute atomic E-state index is 0.0782. The van der Waals surface area contributed by atoms with E-state index in [4.69, 9.17) is 0 Å². The van der Waals surface area contributed by atoms with Crippen molar-refractivity contribution in [3.05, 3.63) is 22.7 Å². The second-order valence-corrected chi connectivity index (χ2v) is 5.37. The Labute approximate surface area is 111 Å². The van der Waals surface area contributed by atoms with E-state index in [9.17, 15) is 9.59 Å². The molecule has 3 rings (SSSR count). The molecule has 102 valence electrons. The highest BCUT2D eigenvalue weighted by atomic mass is 16.2. The van der Waals surface area contributed by atoms with Crippen LogP contribution in [0.1, 0.15) is 38.6 Å². The largest absolute Gasteiger partial charge is 0.354 e. The van der Waals surface area contributed by atoms with Crippen LogP contribution in [0.5, 0.6) is 0 Å². The molecule has 0 radical (unpaired) electrons. The Kier molecular flexibility index (Phi) is 3.00. The van der Waals surface area contributed by atoms with Crippen LogP contribution in [0, 0.1) is 0 Å². The molecule has 2 aliphatic carbocycles. The first kappa shape index (κ1) is 12.2. The summed E-state index contributed by atoms with van der Waals surface area (Å²) in [7, 11) is 0. The Morgan fingerprint density at radius 2 is 2.16 bits per heavy atom. The topological polar surface area (TPSA) is 76.0 Å². The van der Waals surface area contributed by atoms with Crippen LogP contribution in [-0.4, -0.2) is 27.5 Å². The zero-order valence-electron chi connectivity index (χ0n) is 10.9. The molecule has 0 aliphatic heterocycles. The average molecular weight is 262 g/mol. The second kappa shape index (κ2) is 4.68. The SMILES string of the molecule is CC(Nc1nccn(C2CC2)c1=O)C(=O)NC1CC1. The molecule has 0 aromatic carbocycles. The standard InChI is InChI=1S/C13H18N4O2/c1-8(12(18)16-9-2-3-9)15-11-13(19)17(7-6-14-11)10-4-5-10/h6-10H,2-5H2,1H3,(H,14,15)(H,16,18). The fourth-order valence-corrected chi connectivity index (χ4v) is 1.99. The van der Waals surface area contributed by atoms with Gasteiger partial charge in [-0.25, -0.2) is 4.98 Å². The van der Waals surface area contributed by atoms with Gasteiger partial charge < -0.3 is 15.2 Å². The Morgan fingerprint density at radius 3 is 2.79 bits per heavy atom. The molecule has 2 N–H and O–H groups in total. The van der Waals surface area contributed by atoms with Crippen molar-refractivity contribution in [2.24, 2.45) is 0 Å². The predicted octanol–water partition coefficient (Wildman–Crippen LogP) is 0.657. The summed E-state index contributed by atoms with van der Waals surface area (Å²) >= 11 is 0. The third-order valence-electron chi connectivity index (χ3n) is 3.48. The Bertz CT molecular complexity index is 546. The van der Waals surface area contributed by atoms with Crippen LogP contribution in [0.3, 0.4) is 0 Å². The van der Waals surface area contributed by atoms with E-state index in [1.54, 1.807) is 23.9 Å². The summed E-state index contributed by atoms with van der Waals surface area (Å²) in [6.07, 6.45) is 7.50. The van der Waals surface area contributed by atoms with E-state index in [0.29, 0.717) is 12.1 Å². The molecule has 1 atom stereocenters. The van der Waals surface area contributed by atoms with Crippen molar-refractivity contribution in [1.29, 1.82) is 0 Å². The highest BCUT2D eigenvalue weighted by molar-refractivity contribution is 5.84. The first-order valence-corrected chi connectivity index (χ1v) is 6.79. The number of carbonyl (C=O) groups excluding carboxylic acids is 1. The molecule has 6 heteroatoms. The van der Waals surface area contributed by atoms with Crippen LogP contribution < -0.4 is 16.2 Å². The average Bonchev–Trinajstić information content (AvgIpc) is 3.24. The van der Waals surface area contributed by atoms with Crippen LogP contribution in [0.25, 0.3) is 0 Å². The third-order valence-corrected chi connectivity index (χ3v) is 3.48. The van der Waals surface area contributed by atoms with Crippen molar-refractivity contribution in [2.75, 3.05) is 5.32 Å². The quantitative estimate of drug-likeness (QED) is 0.817. The van der Waals surface area contributed by atoms with E-state index >= 15 is 0 Å². The van der Waals surface area contributed by atoms with Gasteiger partial charge in [0.15, 0.2) is 5.82 Å². The van der Waals surface area contributed by atoms with E-state index in [0.717, 1.165) is 25.7 Å². The monoisotopic (exact) mass is 262 g/mol. The van der Waals surface area contributed by atoms with Gasteiger partial charge in [-0.15, -0.1) is 0 Å². The lowest BCUT2D eigenvalue weighted by Gasteiger charge is -2.14. The highest BCUT2D eigenvalue weighted by Crippen LogP contribution is 2.33. The molecule has 19 heavy (non-hydrogen) atoms. The molecule has 2 aliphatic rings. The maximum Gasteiger partial charge on any atom is 0.293 e. The van der Waals surface area contributed by atoms with Crippen molar-refractivity contribution < 1.29 is 4.79 Å². The molecule has 0 saturated heterocycles. The molecular weight excluding hydrogens is 244 g/mol. The molecular formula is C13H18N4O2. The van der Waals surface area contributed by atoms with Gasteiger partial charge in [-0.2, -0.15) is 0 Å². The molecule has 1 aromatic rings. The van der Waals surface area contributed by atoms with Crippen molar-refractivity contribution in [3.63, 3.8) is 0 Å². The van der Waals surface area contributed by atoms with Crippen molar-refractivity contribution >= 4 is 11.7 Å². The molecule has 1 unspecified atom stereocenters. The number of anilines is 1. The summed E-state index contributed by atoms with van der Waals surface area (Å²) in [5, 5.41) is 5.81. The summed E-state index contributed by atoms with van der Waals surface area (Å²) in [5.41, 5.74) is -0.143. The summed E-state index contributed by atoms with van der Waals surface area (Å²) < 4.78 is 1.70. The molecule has 0 bridgehead atoms. The van der Waals surface area contributed by atoms with E-state index in [-0.39, 0.29) is 17.3 Å². The van der Waals surface area contributed by atoms with Crippen molar-refractivity contribution in [3.8, 4) is 0 Å². The number of amides is 1. The number of aromatic nitrogens is 2. The molecule has 1 heterocycles. The lowest BCUT2D eigenvalue weighted by Crippen LogP contribution is -2.40. The maximum absolute atomic E-state index is 12.1. The molecule has 1 aromatic heterocycles. The van der Waals surface area contributed by atoms with E-state index in [2.05, 4.69) is 15.6 Å². The van der Waals surface area contributed by atoms with Gasteiger partial charge in [0.25, 0.3) is 5.56 Å². The third kappa shape index (κ3) is 2.77. The van der Waals surface area contributed by atoms with Crippen LogP contribution in [0.2, 0.25) is 0 Å². The number of nitrogens with zero attached hydrogens (tertiary/aromatic N) is 2. The zero-order chi connectivity index (χ0) is 13.4. The number of rotatable bonds is 5. The summed E-state index contributed by atoms with van der Waals surface area (Å²) in [4.78, 5) is 28.0. The Balaban J connectivity index is 1.69. The van der Waals surface area contributed by atoms with E-state index in [1.807, 2.05) is 0 Å². The second-order valence-electron chi connectivity index (χ2n) is 5.37. The van der Waals surface area contributed by atoms with Gasteiger partial charge in [-0.1, -0.05) is 0 Å². The van der Waals surface area contributed by atoms with Gasteiger partial charge >= 0.3 is 0 Å². The summed E-state index contributed by atoms with van der Waals surface area (Å²) in [5.74, 6) is 0.179. The van der Waals surface area contributed by atoms with Crippen LogP contribution in [-0.2, 0) is 4.79 Å². The van der Waals surface area contributed by atoms with E-state index in [1.165, 1.54) is 0 Å². The summed E-state index contributed by atoms with van der Waals surface area (Å²) in [6, 6.07) is 0.186. The van der Waals surface area contributed by atoms with Crippen LogP contribution >= 0.6 is 0 Å². The normalized spacial score (nSPS) is 19.8. The van der Waals surface area contributed by atoms with E-state index < -0.39 is 6.04 Å². The maximum atomic E-state index is 12.1. The zero-order valence-corrected chi connectivity index (χ0v) is 10.9. The first-order valence-electron chi connectivity index (χ1n) is 6.79. The molecule has 0 spiro atoms. The first-order chi connectivity index (χ1) is 9.15. The van der Waals surface area contributed by atoms with Gasteiger partial charge in [0.1, 0.15) is 6.04 Å². The molecule has 2 saturated carbocycles. The predicted molar refractivity (Wildman–Crippen MR) is 71.0 cm³/mol. The fourth-order valence-electron chi connectivity index (χ4n) is 1.99. The number of hydrogen-bond acceptors (Lipinski definition) is 4. The minimum Gasteiger partial charge on any atom is -0.354 e. The van der Waals surface area contributed by atoms with Gasteiger partial charge in [0.2, 0.25) is 5.91 Å². The molecule has 2 fully saturated rings. The Morgan fingerprint density at radius 1 is 1.42 bits per heavy atom. The number of nitrogens with one attached hydrogen (secondary N) is 2. The van der Waals surface area contributed by atoms with Crippen molar-refractivity contribution in [1.82, 2.24) is 14.9 Å². The highest BCUT2D eigenvalue weighted by Gasteiger charge is 2.27. The lowest BCUT2D eigenvalue weighted by atomic mass is 10.3. The lowest BCUT2D eigenvalue weighted by molar-refractivity contribution is -0.121. The van der Waals surface area contributed by atoms with Gasteiger partial charge in [0.05, 0.1) is 0 Å². The minimum atomic E-state index is -0.448. The fraction of sp³-hybridized carbons (Fsp3) is 0.615. The van der Waals surface area contributed by atoms with Crippen LogP contribution in [0.4, 0.5) is 5.82 Å². The van der Waals surface area contributed by atoms with Crippen molar-refractivity contribution in [2.45, 2.75) is 50.7 Å². The number of hydrogen-bond donors (Lipinski definition) is 2. The van der Waals surface area contributed by atoms with Gasteiger partial charge in [0, 0.05) is 24.5 Å². The van der Waals surface area contributed by atoms with Crippen LogP contribution in [0.15, 0.2) is 17.2 Å².